The molecule has 7 nitrogen and oxygen atoms in total. The Labute approximate surface area is 183 Å². The van der Waals surface area contributed by atoms with Gasteiger partial charge in [-0.1, -0.05) is 35.5 Å². The molecule has 1 amide bonds. The predicted octanol–water partition coefficient (Wildman–Crippen LogP) is 3.36. The van der Waals surface area contributed by atoms with Crippen LogP contribution in [0.2, 0.25) is 0 Å². The van der Waals surface area contributed by atoms with Gasteiger partial charge in [0.05, 0.1) is 6.61 Å². The van der Waals surface area contributed by atoms with Gasteiger partial charge in [-0.25, -0.2) is 0 Å². The monoisotopic (exact) mass is 422 g/mol. The highest BCUT2D eigenvalue weighted by atomic mass is 16.5. The van der Waals surface area contributed by atoms with Crippen LogP contribution in [0.4, 0.5) is 0 Å². The molecule has 2 aromatic carbocycles. The Balaban J connectivity index is 1.47. The molecule has 164 valence electrons. The lowest BCUT2D eigenvalue weighted by Gasteiger charge is -2.24. The third-order valence-corrected chi connectivity index (χ3v) is 5.04. The molecule has 1 N–H and O–H groups in total. The van der Waals surface area contributed by atoms with Crippen LogP contribution < -0.4 is 10.1 Å². The maximum Gasteiger partial charge on any atom is 0.227 e. The van der Waals surface area contributed by atoms with Crippen LogP contribution in [0.3, 0.4) is 0 Å². The third-order valence-electron chi connectivity index (χ3n) is 5.04. The van der Waals surface area contributed by atoms with Crippen molar-refractivity contribution in [2.24, 2.45) is 0 Å². The number of aromatic nitrogens is 2. The van der Waals surface area contributed by atoms with Gasteiger partial charge in [0.1, 0.15) is 5.75 Å². The lowest BCUT2D eigenvalue weighted by molar-refractivity contribution is -0.121. The topological polar surface area (TPSA) is 80.5 Å². The highest BCUT2D eigenvalue weighted by Gasteiger charge is 2.15. The van der Waals surface area contributed by atoms with Crippen molar-refractivity contribution in [3.05, 3.63) is 66.1 Å². The van der Waals surface area contributed by atoms with Gasteiger partial charge < -0.3 is 19.5 Å². The Hall–Kier alpha value is -3.19. The minimum absolute atomic E-state index is 0.0271. The quantitative estimate of drug-likeness (QED) is 0.510. The Morgan fingerprint density at radius 1 is 1.13 bits per heavy atom. The molecule has 1 aromatic heterocycles. The number of carbonyl (C=O) groups excluding carboxylic acids is 1. The number of amides is 1. The number of likely N-dealkylation sites (N-methyl/N-ethyl adjacent to an activating group) is 1. The molecule has 0 saturated carbocycles. The van der Waals surface area contributed by atoms with Crippen LogP contribution in [0, 0.1) is 0 Å². The standard InChI is InChI=1S/C24H30N4O3/c1-4-30-21-12-10-19(11-13-21)24-26-23(31-27-24)15-14-22(29)25-17-20(28(2)3)16-18-8-6-5-7-9-18/h5-13,20H,4,14-17H2,1-3H3,(H,25,29). The summed E-state index contributed by atoms with van der Waals surface area (Å²) in [6.07, 6.45) is 1.58. The number of ether oxygens (including phenoxy) is 1. The van der Waals surface area contributed by atoms with Crippen molar-refractivity contribution in [3.63, 3.8) is 0 Å². The molecule has 0 radical (unpaired) electrons. The molecular weight excluding hydrogens is 392 g/mol. The second kappa shape index (κ2) is 11.3. The first-order chi connectivity index (χ1) is 15.0. The Morgan fingerprint density at radius 3 is 2.55 bits per heavy atom. The van der Waals surface area contributed by atoms with E-state index in [2.05, 4.69) is 32.5 Å². The van der Waals surface area contributed by atoms with Gasteiger partial charge in [-0.3, -0.25) is 4.79 Å². The third kappa shape index (κ3) is 6.93. The lowest BCUT2D eigenvalue weighted by atomic mass is 10.1. The van der Waals surface area contributed by atoms with Gasteiger partial charge in [-0.05, 0) is 57.3 Å². The average molecular weight is 423 g/mol. The first-order valence-electron chi connectivity index (χ1n) is 10.6. The van der Waals surface area contributed by atoms with Gasteiger partial charge in [0.25, 0.3) is 0 Å². The molecular formula is C24H30N4O3. The lowest BCUT2D eigenvalue weighted by Crippen LogP contribution is -2.41. The number of aryl methyl sites for hydroxylation is 1. The van der Waals surface area contributed by atoms with Crippen molar-refractivity contribution in [2.75, 3.05) is 27.2 Å². The molecule has 0 saturated heterocycles. The van der Waals surface area contributed by atoms with E-state index in [9.17, 15) is 4.79 Å². The van der Waals surface area contributed by atoms with Crippen molar-refractivity contribution in [3.8, 4) is 17.1 Å². The zero-order valence-electron chi connectivity index (χ0n) is 18.4. The maximum absolute atomic E-state index is 12.3. The van der Waals surface area contributed by atoms with E-state index in [-0.39, 0.29) is 11.9 Å². The van der Waals surface area contributed by atoms with E-state index >= 15 is 0 Å². The van der Waals surface area contributed by atoms with Crippen LogP contribution in [-0.2, 0) is 17.6 Å². The smallest absolute Gasteiger partial charge is 0.227 e. The first kappa shape index (κ1) is 22.5. The van der Waals surface area contributed by atoms with Gasteiger partial charge in [0, 0.05) is 31.0 Å². The molecule has 1 heterocycles. The summed E-state index contributed by atoms with van der Waals surface area (Å²) in [5.41, 5.74) is 2.10. The molecule has 0 bridgehead atoms. The Bertz CT molecular complexity index is 939. The summed E-state index contributed by atoms with van der Waals surface area (Å²) in [6.45, 7) is 3.15. The van der Waals surface area contributed by atoms with Gasteiger partial charge in [0.15, 0.2) is 0 Å². The van der Waals surface area contributed by atoms with Gasteiger partial charge >= 0.3 is 0 Å². The van der Waals surface area contributed by atoms with Crippen LogP contribution in [0.25, 0.3) is 11.4 Å². The van der Waals surface area contributed by atoms with Crippen LogP contribution >= 0.6 is 0 Å². The largest absolute Gasteiger partial charge is 0.494 e. The summed E-state index contributed by atoms with van der Waals surface area (Å²) in [6, 6.07) is 18.0. The van der Waals surface area contributed by atoms with Gasteiger partial charge in [0.2, 0.25) is 17.6 Å². The van der Waals surface area contributed by atoms with E-state index in [1.807, 2.05) is 63.5 Å². The summed E-state index contributed by atoms with van der Waals surface area (Å²) >= 11 is 0. The van der Waals surface area contributed by atoms with E-state index < -0.39 is 0 Å². The predicted molar refractivity (Wildman–Crippen MR) is 120 cm³/mol. The molecule has 3 rings (SSSR count). The number of hydrogen-bond acceptors (Lipinski definition) is 6. The first-order valence-corrected chi connectivity index (χ1v) is 10.6. The number of rotatable bonds is 11. The van der Waals surface area contributed by atoms with E-state index in [1.54, 1.807) is 0 Å². The zero-order valence-corrected chi connectivity index (χ0v) is 18.4. The maximum atomic E-state index is 12.3. The molecule has 1 atom stereocenters. The van der Waals surface area contributed by atoms with Crippen molar-refractivity contribution >= 4 is 5.91 Å². The second-order valence-electron chi connectivity index (χ2n) is 7.58. The molecule has 0 aliphatic carbocycles. The molecule has 0 fully saturated rings. The van der Waals surface area contributed by atoms with Gasteiger partial charge in [-0.15, -0.1) is 0 Å². The second-order valence-corrected chi connectivity index (χ2v) is 7.58. The summed E-state index contributed by atoms with van der Waals surface area (Å²) in [5.74, 6) is 1.73. The molecule has 1 unspecified atom stereocenters. The van der Waals surface area contributed by atoms with E-state index in [1.165, 1.54) is 5.56 Å². The molecule has 0 aliphatic heterocycles. The summed E-state index contributed by atoms with van der Waals surface area (Å²) in [5, 5.41) is 7.05. The van der Waals surface area contributed by atoms with E-state index in [0.29, 0.717) is 37.7 Å². The number of hydrogen-bond donors (Lipinski definition) is 1. The molecule has 7 heteroatoms. The van der Waals surface area contributed by atoms with Crippen molar-refractivity contribution in [1.29, 1.82) is 0 Å². The highest BCUT2D eigenvalue weighted by Crippen LogP contribution is 2.20. The minimum Gasteiger partial charge on any atom is -0.494 e. The minimum atomic E-state index is -0.0271. The van der Waals surface area contributed by atoms with Crippen molar-refractivity contribution in [2.45, 2.75) is 32.2 Å². The number of carbonyl (C=O) groups is 1. The van der Waals surface area contributed by atoms with Gasteiger partial charge in [-0.2, -0.15) is 4.98 Å². The fraction of sp³-hybridized carbons (Fsp3) is 0.375. The number of nitrogens with one attached hydrogen (secondary N) is 1. The van der Waals surface area contributed by atoms with E-state index in [4.69, 9.17) is 9.26 Å². The SMILES string of the molecule is CCOc1ccc(-c2noc(CCC(=O)NCC(Cc3ccccc3)N(C)C)n2)cc1. The normalized spacial score (nSPS) is 12.0. The number of benzene rings is 2. The highest BCUT2D eigenvalue weighted by molar-refractivity contribution is 5.76. The van der Waals surface area contributed by atoms with Crippen molar-refractivity contribution in [1.82, 2.24) is 20.4 Å². The fourth-order valence-electron chi connectivity index (χ4n) is 3.20. The zero-order chi connectivity index (χ0) is 22.1. The van der Waals surface area contributed by atoms with E-state index in [0.717, 1.165) is 17.7 Å². The molecule has 31 heavy (non-hydrogen) atoms. The van der Waals surface area contributed by atoms with Crippen molar-refractivity contribution < 1.29 is 14.1 Å². The van der Waals surface area contributed by atoms with Crippen LogP contribution in [0.1, 0.15) is 24.8 Å². The summed E-state index contributed by atoms with van der Waals surface area (Å²) < 4.78 is 10.8. The molecule has 0 spiro atoms. The Kier molecular flexibility index (Phi) is 8.18. The summed E-state index contributed by atoms with van der Waals surface area (Å²) in [7, 11) is 4.06. The molecule has 3 aromatic rings. The van der Waals surface area contributed by atoms with Crippen LogP contribution in [0.5, 0.6) is 5.75 Å². The molecule has 0 aliphatic rings. The summed E-state index contributed by atoms with van der Waals surface area (Å²) in [4.78, 5) is 18.9. The fourth-order valence-corrected chi connectivity index (χ4v) is 3.20. The van der Waals surface area contributed by atoms with Crippen LogP contribution in [0.15, 0.2) is 59.1 Å². The Morgan fingerprint density at radius 2 is 1.87 bits per heavy atom. The number of nitrogens with zero attached hydrogens (tertiary/aromatic N) is 3. The van der Waals surface area contributed by atoms with Crippen LogP contribution in [-0.4, -0.2) is 54.2 Å². The average Bonchev–Trinajstić information content (AvgIpc) is 3.25.